The zero-order chi connectivity index (χ0) is 32.3. The van der Waals surface area contributed by atoms with Gasteiger partial charge in [-0.25, -0.2) is 9.67 Å². The van der Waals surface area contributed by atoms with Gasteiger partial charge in [-0.2, -0.15) is 18.3 Å². The van der Waals surface area contributed by atoms with E-state index >= 15 is 0 Å². The van der Waals surface area contributed by atoms with E-state index in [9.17, 15) is 22.8 Å². The topological polar surface area (TPSA) is 131 Å². The fourth-order valence-electron chi connectivity index (χ4n) is 6.65. The van der Waals surface area contributed by atoms with Crippen molar-refractivity contribution in [2.24, 2.45) is 10.7 Å². The van der Waals surface area contributed by atoms with Crippen molar-refractivity contribution in [2.75, 3.05) is 23.3 Å². The summed E-state index contributed by atoms with van der Waals surface area (Å²) in [7, 11) is 0. The Morgan fingerprint density at radius 2 is 1.96 bits per heavy atom. The number of aliphatic imine (C=N–C) groups is 1. The summed E-state index contributed by atoms with van der Waals surface area (Å²) in [4.78, 5) is 36.3. The van der Waals surface area contributed by atoms with Gasteiger partial charge in [-0.15, -0.1) is 0 Å². The minimum atomic E-state index is -4.54. The van der Waals surface area contributed by atoms with Crippen molar-refractivity contribution in [2.45, 2.75) is 83.6 Å². The highest BCUT2D eigenvalue weighted by Gasteiger charge is 2.49. The van der Waals surface area contributed by atoms with Crippen molar-refractivity contribution < 1.29 is 22.8 Å². The molecule has 0 radical (unpaired) electrons. The van der Waals surface area contributed by atoms with Crippen LogP contribution < -0.4 is 21.3 Å². The number of primary amides is 1. The van der Waals surface area contributed by atoms with Crippen LogP contribution in [0.3, 0.4) is 0 Å². The number of benzene rings is 1. The first kappa shape index (κ1) is 30.6. The van der Waals surface area contributed by atoms with Gasteiger partial charge < -0.3 is 21.3 Å². The number of halogens is 3. The van der Waals surface area contributed by atoms with Crippen molar-refractivity contribution in [1.29, 1.82) is 0 Å². The molecule has 2 fully saturated rings. The molecule has 6 rings (SSSR count). The molecule has 45 heavy (non-hydrogen) atoms. The largest absolute Gasteiger partial charge is 0.433 e. The molecule has 1 aromatic carbocycles. The highest BCUT2D eigenvalue weighted by molar-refractivity contribution is 6.16. The molecule has 4 heterocycles. The van der Waals surface area contributed by atoms with Crippen LogP contribution in [0.1, 0.15) is 73.7 Å². The number of amides is 2. The average molecular weight is 623 g/mol. The molecule has 2 atom stereocenters. The third kappa shape index (κ3) is 5.64. The number of pyridine rings is 1. The van der Waals surface area contributed by atoms with Gasteiger partial charge in [-0.1, -0.05) is 12.1 Å². The quantitative estimate of drug-likeness (QED) is 0.335. The number of hydrogen-bond acceptors (Lipinski definition) is 7. The fourth-order valence-corrected chi connectivity index (χ4v) is 6.65. The molecule has 3 aliphatic rings. The van der Waals surface area contributed by atoms with Crippen LogP contribution in [-0.2, 0) is 22.3 Å². The number of carbonyl (C=O) groups excluding carboxylic acids is 2. The van der Waals surface area contributed by atoms with E-state index in [1.165, 1.54) is 6.07 Å². The van der Waals surface area contributed by atoms with Crippen LogP contribution in [0.5, 0.6) is 0 Å². The Morgan fingerprint density at radius 3 is 2.60 bits per heavy atom. The van der Waals surface area contributed by atoms with E-state index in [0.717, 1.165) is 52.8 Å². The minimum Gasteiger partial charge on any atom is -0.370 e. The van der Waals surface area contributed by atoms with Gasteiger partial charge in [0, 0.05) is 48.3 Å². The smallest absolute Gasteiger partial charge is 0.370 e. The third-order valence-electron chi connectivity index (χ3n) is 8.93. The molecule has 0 bridgehead atoms. The van der Waals surface area contributed by atoms with Gasteiger partial charge in [-0.3, -0.25) is 14.6 Å². The minimum absolute atomic E-state index is 0.0393. The second-order valence-electron chi connectivity index (χ2n) is 12.3. The van der Waals surface area contributed by atoms with Gasteiger partial charge in [0.2, 0.25) is 5.91 Å². The van der Waals surface area contributed by atoms with Crippen LogP contribution in [0.15, 0.2) is 35.3 Å². The lowest BCUT2D eigenvalue weighted by atomic mass is 9.83. The Hall–Kier alpha value is -4.42. The Labute approximate surface area is 259 Å². The van der Waals surface area contributed by atoms with Crippen molar-refractivity contribution >= 4 is 29.2 Å². The van der Waals surface area contributed by atoms with Crippen molar-refractivity contribution in [1.82, 2.24) is 20.1 Å². The average Bonchev–Trinajstić information content (AvgIpc) is 3.71. The first-order valence-corrected chi connectivity index (χ1v) is 15.3. The summed E-state index contributed by atoms with van der Waals surface area (Å²) in [5, 5.41) is 10.8. The normalized spacial score (nSPS) is 21.7. The molecule has 1 aliphatic carbocycles. The van der Waals surface area contributed by atoms with Crippen molar-refractivity contribution in [3.8, 4) is 11.1 Å². The van der Waals surface area contributed by atoms with E-state index in [1.807, 2.05) is 26.8 Å². The van der Waals surface area contributed by atoms with Gasteiger partial charge in [0.1, 0.15) is 29.4 Å². The number of carbonyl (C=O) groups is 2. The highest BCUT2D eigenvalue weighted by Crippen LogP contribution is 2.44. The second kappa shape index (κ2) is 11.2. The molecule has 2 aliphatic heterocycles. The molecule has 1 saturated heterocycles. The highest BCUT2D eigenvalue weighted by atomic mass is 19.4. The molecule has 1 spiro atoms. The molecule has 4 N–H and O–H groups in total. The maximum absolute atomic E-state index is 13.5. The standard InChI is InChI=1S/C32H37F3N8O2/c1-5-37-29-26(19(4)41-43(29)16-25(36)44)21-7-6-17(2)23(14-21)42-13-12-31(15-18(42)3)30(45)39-28(40-31)22-10-11-24(32(33,34)35)38-27(22)20-8-9-20/h6-7,10-11,14,18,20,37H,5,8-9,12-13,15-16H2,1-4H3,(H2,36,44)(H,39,40,45)/t18-,31+/m0/s1. The Balaban J connectivity index is 1.29. The molecule has 2 amide bonds. The lowest BCUT2D eigenvalue weighted by molar-refractivity contribution is -0.141. The van der Waals surface area contributed by atoms with Crippen molar-refractivity contribution in [3.63, 3.8) is 0 Å². The lowest BCUT2D eigenvalue weighted by Gasteiger charge is -2.42. The maximum atomic E-state index is 13.5. The van der Waals surface area contributed by atoms with Crippen LogP contribution >= 0.6 is 0 Å². The number of alkyl halides is 3. The summed E-state index contributed by atoms with van der Waals surface area (Å²) in [5.74, 6) is 0.255. The number of piperidine rings is 1. The molecule has 2 aromatic heterocycles. The monoisotopic (exact) mass is 622 g/mol. The molecule has 3 aromatic rings. The SMILES string of the molecule is CCNc1c(-c2ccc(C)c(N3CC[C@]4(C[C@@H]3C)N=C(c3ccc(C(F)(F)F)nc3C3CC3)NC4=O)c2)c(C)nn1CC(N)=O. The number of rotatable bonds is 8. The van der Waals surface area contributed by atoms with Gasteiger partial charge in [0.15, 0.2) is 0 Å². The second-order valence-corrected chi connectivity index (χ2v) is 12.3. The third-order valence-corrected chi connectivity index (χ3v) is 8.93. The summed E-state index contributed by atoms with van der Waals surface area (Å²) >= 11 is 0. The van der Waals surface area contributed by atoms with Gasteiger partial charge in [0.05, 0.1) is 11.4 Å². The van der Waals surface area contributed by atoms with Crippen LogP contribution in [-0.4, -0.2) is 57.1 Å². The number of nitrogens with zero attached hydrogens (tertiary/aromatic N) is 5. The zero-order valence-corrected chi connectivity index (χ0v) is 25.8. The number of anilines is 2. The number of aryl methyl sites for hydroxylation is 2. The van der Waals surface area contributed by atoms with E-state index in [2.05, 4.69) is 44.7 Å². The molecular formula is C32H37F3N8O2. The molecule has 10 nitrogen and oxygen atoms in total. The van der Waals surface area contributed by atoms with Crippen molar-refractivity contribution in [3.05, 3.63) is 58.5 Å². The molecule has 1 saturated carbocycles. The molecule has 13 heteroatoms. The number of aromatic nitrogens is 3. The molecule has 238 valence electrons. The fraction of sp³-hybridized carbons (Fsp3) is 0.469. The van der Waals surface area contributed by atoms with Gasteiger partial charge in [-0.05, 0) is 76.3 Å². The Kier molecular flexibility index (Phi) is 7.60. The number of nitrogens with two attached hydrogens (primary N) is 1. The summed E-state index contributed by atoms with van der Waals surface area (Å²) in [6.07, 6.45) is -2.13. The summed E-state index contributed by atoms with van der Waals surface area (Å²) in [6.45, 7) is 9.12. The number of hydrogen-bond donors (Lipinski definition) is 3. The van der Waals surface area contributed by atoms with Gasteiger partial charge >= 0.3 is 6.18 Å². The van der Waals surface area contributed by atoms with Crippen LogP contribution in [0.2, 0.25) is 0 Å². The predicted molar refractivity (Wildman–Crippen MR) is 165 cm³/mol. The molecule has 0 unspecified atom stereocenters. The lowest BCUT2D eigenvalue weighted by Crippen LogP contribution is -2.53. The Morgan fingerprint density at radius 1 is 1.20 bits per heavy atom. The predicted octanol–water partition coefficient (Wildman–Crippen LogP) is 4.68. The summed E-state index contributed by atoms with van der Waals surface area (Å²) in [6, 6.07) is 8.49. The maximum Gasteiger partial charge on any atom is 0.433 e. The van der Waals surface area contributed by atoms with E-state index in [-0.39, 0.29) is 24.4 Å². The van der Waals surface area contributed by atoms with E-state index in [4.69, 9.17) is 10.7 Å². The first-order valence-electron chi connectivity index (χ1n) is 15.3. The van der Waals surface area contributed by atoms with Crippen LogP contribution in [0, 0.1) is 13.8 Å². The van der Waals surface area contributed by atoms with E-state index in [0.29, 0.717) is 43.0 Å². The number of nitrogens with one attached hydrogen (secondary N) is 2. The number of amidine groups is 1. The Bertz CT molecular complexity index is 1710. The van der Waals surface area contributed by atoms with Gasteiger partial charge in [0.25, 0.3) is 5.91 Å². The van der Waals surface area contributed by atoms with E-state index in [1.54, 1.807) is 4.68 Å². The van der Waals surface area contributed by atoms with E-state index < -0.39 is 23.3 Å². The molecular weight excluding hydrogens is 585 g/mol. The zero-order valence-electron chi connectivity index (χ0n) is 25.8. The van der Waals surface area contributed by atoms with Crippen LogP contribution in [0.25, 0.3) is 11.1 Å². The summed E-state index contributed by atoms with van der Waals surface area (Å²) in [5.41, 5.74) is 9.04. The first-order chi connectivity index (χ1) is 21.3. The summed E-state index contributed by atoms with van der Waals surface area (Å²) < 4.78 is 41.8. The van der Waals surface area contributed by atoms with Crippen LogP contribution in [0.4, 0.5) is 24.7 Å².